The molecule has 0 aliphatic carbocycles. The predicted octanol–water partition coefficient (Wildman–Crippen LogP) is 8.27. The summed E-state index contributed by atoms with van der Waals surface area (Å²) in [6.07, 6.45) is 26.8. The molecule has 0 saturated heterocycles. The van der Waals surface area contributed by atoms with Crippen molar-refractivity contribution >= 4 is 0 Å². The Morgan fingerprint density at radius 2 is 0.750 bits per heavy atom. The molecule has 0 aliphatic heterocycles. The SMILES string of the molecule is [CH2]CCCCCCCCCCCCCCCCCCCCOCC. The zero-order valence-electron chi connectivity index (χ0n) is 17.0. The lowest BCUT2D eigenvalue weighted by Gasteiger charge is -2.04. The first-order valence-electron chi connectivity index (χ1n) is 11.3. The van der Waals surface area contributed by atoms with E-state index in [1.54, 1.807) is 0 Å². The van der Waals surface area contributed by atoms with E-state index in [1.807, 2.05) is 0 Å². The summed E-state index contributed by atoms with van der Waals surface area (Å²) in [4.78, 5) is 0. The van der Waals surface area contributed by atoms with E-state index in [4.69, 9.17) is 4.74 Å². The highest BCUT2D eigenvalue weighted by Gasteiger charge is 1.95. The van der Waals surface area contributed by atoms with Gasteiger partial charge in [0.1, 0.15) is 0 Å². The molecule has 0 heterocycles. The third-order valence-electron chi connectivity index (χ3n) is 4.99. The van der Waals surface area contributed by atoms with Gasteiger partial charge < -0.3 is 4.74 Å². The number of hydrogen-bond acceptors (Lipinski definition) is 1. The number of unbranched alkanes of at least 4 members (excludes halogenated alkanes) is 18. The van der Waals surface area contributed by atoms with E-state index in [2.05, 4.69) is 13.8 Å². The van der Waals surface area contributed by atoms with Gasteiger partial charge in [0.2, 0.25) is 0 Å². The van der Waals surface area contributed by atoms with Crippen LogP contribution in [0.2, 0.25) is 0 Å². The summed E-state index contributed by atoms with van der Waals surface area (Å²) >= 11 is 0. The molecule has 0 spiro atoms. The molecule has 1 radical (unpaired) electrons. The van der Waals surface area contributed by atoms with Crippen LogP contribution in [0.5, 0.6) is 0 Å². The van der Waals surface area contributed by atoms with Gasteiger partial charge in [-0.3, -0.25) is 0 Å². The molecular formula is C23H47O. The Morgan fingerprint density at radius 3 is 1.04 bits per heavy atom. The molecule has 0 rings (SSSR count). The molecule has 0 fully saturated rings. The molecule has 1 nitrogen and oxygen atoms in total. The van der Waals surface area contributed by atoms with Crippen molar-refractivity contribution < 1.29 is 4.74 Å². The van der Waals surface area contributed by atoms with Crippen LogP contribution >= 0.6 is 0 Å². The van der Waals surface area contributed by atoms with Crippen molar-refractivity contribution in [3.05, 3.63) is 6.92 Å². The van der Waals surface area contributed by atoms with E-state index in [1.165, 1.54) is 116 Å². The van der Waals surface area contributed by atoms with E-state index < -0.39 is 0 Å². The van der Waals surface area contributed by atoms with E-state index in [0.717, 1.165) is 19.6 Å². The Balaban J connectivity index is 2.93. The number of ether oxygens (including phenoxy) is 1. The standard InChI is InChI=1S/C23H47O/c1-3-5-6-7-8-9-10-11-12-13-14-15-16-17-18-19-20-21-22-23-24-4-2/h1,3-23H2,2H3. The molecular weight excluding hydrogens is 292 g/mol. The summed E-state index contributed by atoms with van der Waals surface area (Å²) in [5.74, 6) is 0. The molecule has 145 valence electrons. The lowest BCUT2D eigenvalue weighted by Crippen LogP contribution is -1.92. The van der Waals surface area contributed by atoms with Crippen LogP contribution in [0.15, 0.2) is 0 Å². The molecule has 24 heavy (non-hydrogen) atoms. The van der Waals surface area contributed by atoms with Crippen molar-refractivity contribution in [2.45, 2.75) is 129 Å². The second-order valence-corrected chi connectivity index (χ2v) is 7.41. The maximum absolute atomic E-state index is 5.36. The van der Waals surface area contributed by atoms with Crippen molar-refractivity contribution in [1.82, 2.24) is 0 Å². The summed E-state index contributed by atoms with van der Waals surface area (Å²) < 4.78 is 5.36. The third kappa shape index (κ3) is 22.0. The van der Waals surface area contributed by atoms with E-state index in [9.17, 15) is 0 Å². The fourth-order valence-corrected chi connectivity index (χ4v) is 3.35. The van der Waals surface area contributed by atoms with Crippen molar-refractivity contribution in [3.63, 3.8) is 0 Å². The van der Waals surface area contributed by atoms with E-state index in [0.29, 0.717) is 0 Å². The van der Waals surface area contributed by atoms with Gasteiger partial charge in [-0.1, -0.05) is 122 Å². The molecule has 0 bridgehead atoms. The Labute approximate surface area is 154 Å². The number of rotatable bonds is 21. The first-order valence-corrected chi connectivity index (χ1v) is 11.3. The molecule has 0 saturated carbocycles. The Hall–Kier alpha value is -0.0400. The maximum atomic E-state index is 5.36. The van der Waals surface area contributed by atoms with Crippen molar-refractivity contribution in [3.8, 4) is 0 Å². The highest BCUT2D eigenvalue weighted by molar-refractivity contribution is 4.51. The largest absolute Gasteiger partial charge is 0.382 e. The average molecular weight is 340 g/mol. The molecule has 1 heteroatoms. The summed E-state index contributed by atoms with van der Waals surface area (Å²) in [6.45, 7) is 7.82. The van der Waals surface area contributed by atoms with E-state index >= 15 is 0 Å². The summed E-state index contributed by atoms with van der Waals surface area (Å²) in [5.41, 5.74) is 0. The highest BCUT2D eigenvalue weighted by Crippen LogP contribution is 2.14. The van der Waals surface area contributed by atoms with Crippen LogP contribution in [0.4, 0.5) is 0 Å². The normalized spacial score (nSPS) is 11.2. The Bertz CT molecular complexity index is 180. The van der Waals surface area contributed by atoms with Crippen LogP contribution in [0.3, 0.4) is 0 Å². The molecule has 0 unspecified atom stereocenters. The molecule has 0 atom stereocenters. The van der Waals surface area contributed by atoms with Crippen LogP contribution in [-0.4, -0.2) is 13.2 Å². The Kier molecular flexibility index (Phi) is 22.9. The van der Waals surface area contributed by atoms with Crippen molar-refractivity contribution in [1.29, 1.82) is 0 Å². The molecule has 0 aromatic rings. The Morgan fingerprint density at radius 1 is 0.458 bits per heavy atom. The number of hydrogen-bond donors (Lipinski definition) is 0. The van der Waals surface area contributed by atoms with Gasteiger partial charge in [-0.2, -0.15) is 0 Å². The van der Waals surface area contributed by atoms with Crippen LogP contribution in [0.25, 0.3) is 0 Å². The van der Waals surface area contributed by atoms with Gasteiger partial charge >= 0.3 is 0 Å². The van der Waals surface area contributed by atoms with Crippen LogP contribution in [0.1, 0.15) is 129 Å². The topological polar surface area (TPSA) is 9.23 Å². The van der Waals surface area contributed by atoms with Gasteiger partial charge in [-0.15, -0.1) is 0 Å². The lowest BCUT2D eigenvalue weighted by atomic mass is 10.0. The zero-order valence-corrected chi connectivity index (χ0v) is 17.0. The maximum Gasteiger partial charge on any atom is 0.0465 e. The van der Waals surface area contributed by atoms with Gasteiger partial charge in [-0.05, 0) is 13.3 Å². The summed E-state index contributed by atoms with van der Waals surface area (Å²) in [7, 11) is 0. The average Bonchev–Trinajstić information content (AvgIpc) is 2.60. The fraction of sp³-hybridized carbons (Fsp3) is 0.957. The molecule has 0 amide bonds. The van der Waals surface area contributed by atoms with Gasteiger partial charge in [0.15, 0.2) is 0 Å². The van der Waals surface area contributed by atoms with Gasteiger partial charge in [0, 0.05) is 13.2 Å². The third-order valence-corrected chi connectivity index (χ3v) is 4.99. The van der Waals surface area contributed by atoms with E-state index in [-0.39, 0.29) is 0 Å². The van der Waals surface area contributed by atoms with Gasteiger partial charge in [-0.25, -0.2) is 0 Å². The summed E-state index contributed by atoms with van der Waals surface area (Å²) in [5, 5.41) is 0. The van der Waals surface area contributed by atoms with Gasteiger partial charge in [0.25, 0.3) is 0 Å². The molecule has 0 aromatic carbocycles. The van der Waals surface area contributed by atoms with Crippen molar-refractivity contribution in [2.24, 2.45) is 0 Å². The minimum atomic E-state index is 0.872. The first kappa shape index (κ1) is 24.0. The monoisotopic (exact) mass is 339 g/mol. The molecule has 0 aromatic heterocycles. The minimum absolute atomic E-state index is 0.872. The molecule has 0 aliphatic rings. The fourth-order valence-electron chi connectivity index (χ4n) is 3.35. The van der Waals surface area contributed by atoms with Crippen LogP contribution in [0, 0.1) is 6.92 Å². The highest BCUT2D eigenvalue weighted by atomic mass is 16.5. The second-order valence-electron chi connectivity index (χ2n) is 7.41. The van der Waals surface area contributed by atoms with Gasteiger partial charge in [0.05, 0.1) is 0 Å². The molecule has 0 N–H and O–H groups in total. The smallest absolute Gasteiger partial charge is 0.0465 e. The zero-order chi connectivity index (χ0) is 17.6. The minimum Gasteiger partial charge on any atom is -0.382 e. The van der Waals surface area contributed by atoms with Crippen LogP contribution < -0.4 is 0 Å². The predicted molar refractivity (Wildman–Crippen MR) is 110 cm³/mol. The van der Waals surface area contributed by atoms with Crippen LogP contribution in [-0.2, 0) is 4.74 Å². The first-order chi connectivity index (χ1) is 11.9. The quantitative estimate of drug-likeness (QED) is 0.191. The lowest BCUT2D eigenvalue weighted by molar-refractivity contribution is 0.143. The van der Waals surface area contributed by atoms with Crippen molar-refractivity contribution in [2.75, 3.05) is 13.2 Å². The summed E-state index contributed by atoms with van der Waals surface area (Å²) in [6, 6.07) is 0. The second kappa shape index (κ2) is 23.0.